The largest absolute Gasteiger partial charge is 0.318 e. The van der Waals surface area contributed by atoms with Gasteiger partial charge in [0.2, 0.25) is 0 Å². The molecule has 5 aromatic rings. The van der Waals surface area contributed by atoms with Crippen LogP contribution in [0.2, 0.25) is 0 Å². The molecule has 0 spiro atoms. The number of aryl methyl sites for hydroxylation is 2. The second kappa shape index (κ2) is 4.71. The highest BCUT2D eigenvalue weighted by atomic mass is 15.0. The van der Waals surface area contributed by atoms with Crippen molar-refractivity contribution in [2.45, 2.75) is 13.8 Å². The van der Waals surface area contributed by atoms with E-state index in [1.807, 2.05) is 12.4 Å². The molecule has 0 aliphatic rings. The van der Waals surface area contributed by atoms with Gasteiger partial charge in [-0.1, -0.05) is 30.3 Å². The van der Waals surface area contributed by atoms with Gasteiger partial charge < -0.3 is 4.57 Å². The van der Waals surface area contributed by atoms with Crippen molar-refractivity contribution in [3.63, 3.8) is 0 Å². The van der Waals surface area contributed by atoms with Crippen molar-refractivity contribution in [1.29, 1.82) is 0 Å². The first-order valence-corrected chi connectivity index (χ1v) is 8.17. The predicted molar refractivity (Wildman–Crippen MR) is 99.0 cm³/mol. The van der Waals surface area contributed by atoms with Crippen LogP contribution in [0.15, 0.2) is 67.0 Å². The predicted octanol–water partition coefficient (Wildman–Crippen LogP) is 5.05. The first kappa shape index (κ1) is 13.4. The Kier molecular flexibility index (Phi) is 2.63. The molecule has 0 radical (unpaired) electrons. The van der Waals surface area contributed by atoms with Gasteiger partial charge in [-0.25, -0.2) is 4.98 Å². The first-order valence-electron chi connectivity index (χ1n) is 8.17. The number of benzene rings is 2. The lowest BCUT2D eigenvalue weighted by molar-refractivity contribution is 0.975. The zero-order valence-corrected chi connectivity index (χ0v) is 13.7. The van der Waals surface area contributed by atoms with Crippen LogP contribution in [0.3, 0.4) is 0 Å². The van der Waals surface area contributed by atoms with Crippen LogP contribution in [0.5, 0.6) is 0 Å². The van der Waals surface area contributed by atoms with Gasteiger partial charge in [0.25, 0.3) is 0 Å². The van der Waals surface area contributed by atoms with Gasteiger partial charge in [0.15, 0.2) is 0 Å². The number of rotatable bonds is 1. The van der Waals surface area contributed by atoms with E-state index in [1.165, 1.54) is 38.8 Å². The molecule has 3 heteroatoms. The van der Waals surface area contributed by atoms with Crippen LogP contribution in [0, 0.1) is 13.8 Å². The molecule has 3 nitrogen and oxygen atoms in total. The summed E-state index contributed by atoms with van der Waals surface area (Å²) in [5.74, 6) is 0. The third-order valence-corrected chi connectivity index (χ3v) is 4.87. The Bertz CT molecular complexity index is 1200. The maximum absolute atomic E-state index is 4.62. The van der Waals surface area contributed by atoms with Crippen LogP contribution in [-0.2, 0) is 0 Å². The standard InChI is InChI=1S/C21H17N3/c1-14-10-11-15(2)24(14)19-9-5-7-17-20(19)16-6-3-4-8-18(16)23-13-12-22-21(17)23/h3-13H,1-2H3. The molecule has 3 aromatic heterocycles. The summed E-state index contributed by atoms with van der Waals surface area (Å²) in [4.78, 5) is 4.62. The molecule has 0 saturated heterocycles. The number of para-hydroxylation sites is 1. The molecule has 0 aliphatic heterocycles. The molecule has 0 amide bonds. The Morgan fingerprint density at radius 1 is 0.792 bits per heavy atom. The molecule has 3 heterocycles. The summed E-state index contributed by atoms with van der Waals surface area (Å²) in [5, 5.41) is 3.69. The van der Waals surface area contributed by atoms with Gasteiger partial charge in [-0.05, 0) is 38.1 Å². The van der Waals surface area contributed by atoms with Crippen molar-refractivity contribution >= 4 is 27.3 Å². The monoisotopic (exact) mass is 311 g/mol. The van der Waals surface area contributed by atoms with Gasteiger partial charge >= 0.3 is 0 Å². The Balaban J connectivity index is 2.10. The van der Waals surface area contributed by atoms with E-state index in [1.54, 1.807) is 0 Å². The quantitative estimate of drug-likeness (QED) is 0.397. The van der Waals surface area contributed by atoms with Crippen molar-refractivity contribution in [1.82, 2.24) is 14.0 Å². The molecule has 0 aliphatic carbocycles. The van der Waals surface area contributed by atoms with E-state index in [-0.39, 0.29) is 0 Å². The number of imidazole rings is 1. The summed E-state index contributed by atoms with van der Waals surface area (Å²) in [6, 6.07) is 19.4. The lowest BCUT2D eigenvalue weighted by atomic mass is 10.0. The second-order valence-electron chi connectivity index (χ2n) is 6.29. The number of fused-ring (bicyclic) bond motifs is 6. The van der Waals surface area contributed by atoms with Crippen molar-refractivity contribution in [2.24, 2.45) is 0 Å². The molecule has 24 heavy (non-hydrogen) atoms. The minimum absolute atomic E-state index is 1.01. The van der Waals surface area contributed by atoms with E-state index in [0.717, 1.165) is 5.65 Å². The first-order chi connectivity index (χ1) is 11.8. The van der Waals surface area contributed by atoms with E-state index in [2.05, 4.69) is 82.4 Å². The molecular weight excluding hydrogens is 294 g/mol. The van der Waals surface area contributed by atoms with E-state index >= 15 is 0 Å². The third-order valence-electron chi connectivity index (χ3n) is 4.87. The third kappa shape index (κ3) is 1.64. The zero-order chi connectivity index (χ0) is 16.3. The highest BCUT2D eigenvalue weighted by Gasteiger charge is 2.14. The molecule has 0 unspecified atom stereocenters. The van der Waals surface area contributed by atoms with Crippen molar-refractivity contribution < 1.29 is 0 Å². The Morgan fingerprint density at radius 3 is 2.38 bits per heavy atom. The van der Waals surface area contributed by atoms with Gasteiger partial charge in [-0.3, -0.25) is 4.40 Å². The van der Waals surface area contributed by atoms with Gasteiger partial charge in [0.1, 0.15) is 5.65 Å². The summed E-state index contributed by atoms with van der Waals surface area (Å²) in [6.45, 7) is 4.31. The summed E-state index contributed by atoms with van der Waals surface area (Å²) >= 11 is 0. The fourth-order valence-corrected chi connectivity index (χ4v) is 3.84. The Labute approximate surface area is 139 Å². The number of aromatic nitrogens is 3. The molecule has 0 N–H and O–H groups in total. The molecular formula is C21H17N3. The SMILES string of the molecule is Cc1ccc(C)n1-c1cccc2c1c1ccccc1n1ccnc21. The molecule has 0 fully saturated rings. The minimum atomic E-state index is 1.01. The maximum Gasteiger partial charge on any atom is 0.145 e. The summed E-state index contributed by atoms with van der Waals surface area (Å²) in [7, 11) is 0. The van der Waals surface area contributed by atoms with Crippen LogP contribution in [-0.4, -0.2) is 14.0 Å². The molecule has 116 valence electrons. The summed E-state index contributed by atoms with van der Waals surface area (Å²) in [5.41, 5.74) is 5.90. The highest BCUT2D eigenvalue weighted by Crippen LogP contribution is 2.34. The maximum atomic E-state index is 4.62. The van der Waals surface area contributed by atoms with E-state index in [9.17, 15) is 0 Å². The van der Waals surface area contributed by atoms with E-state index in [4.69, 9.17) is 0 Å². The highest BCUT2D eigenvalue weighted by molar-refractivity contribution is 6.15. The molecule has 0 atom stereocenters. The van der Waals surface area contributed by atoms with E-state index < -0.39 is 0 Å². The molecule has 5 rings (SSSR count). The number of hydrogen-bond donors (Lipinski definition) is 0. The number of hydrogen-bond acceptors (Lipinski definition) is 1. The summed E-state index contributed by atoms with van der Waals surface area (Å²) in [6.07, 6.45) is 3.91. The lowest BCUT2D eigenvalue weighted by Gasteiger charge is -2.16. The van der Waals surface area contributed by atoms with Crippen molar-refractivity contribution in [3.8, 4) is 5.69 Å². The average Bonchev–Trinajstić information content (AvgIpc) is 3.22. The minimum Gasteiger partial charge on any atom is -0.318 e. The smallest absolute Gasteiger partial charge is 0.145 e. The van der Waals surface area contributed by atoms with Crippen LogP contribution in [0.1, 0.15) is 11.4 Å². The van der Waals surface area contributed by atoms with Gasteiger partial charge in [0.05, 0.1) is 11.2 Å². The van der Waals surface area contributed by atoms with Gasteiger partial charge in [-0.15, -0.1) is 0 Å². The van der Waals surface area contributed by atoms with Crippen molar-refractivity contribution in [2.75, 3.05) is 0 Å². The molecule has 2 aromatic carbocycles. The fraction of sp³-hybridized carbons (Fsp3) is 0.0952. The van der Waals surface area contributed by atoms with E-state index in [0.29, 0.717) is 0 Å². The number of pyridine rings is 1. The number of nitrogens with zero attached hydrogens (tertiary/aromatic N) is 3. The van der Waals surface area contributed by atoms with Crippen LogP contribution >= 0.6 is 0 Å². The van der Waals surface area contributed by atoms with Crippen LogP contribution < -0.4 is 0 Å². The normalized spacial score (nSPS) is 11.8. The van der Waals surface area contributed by atoms with Gasteiger partial charge in [0, 0.05) is 39.9 Å². The van der Waals surface area contributed by atoms with Gasteiger partial charge in [-0.2, -0.15) is 0 Å². The molecule has 0 bridgehead atoms. The summed E-state index contributed by atoms with van der Waals surface area (Å²) < 4.78 is 4.50. The fourth-order valence-electron chi connectivity index (χ4n) is 3.84. The molecule has 0 saturated carbocycles. The Morgan fingerprint density at radius 2 is 1.54 bits per heavy atom. The van der Waals surface area contributed by atoms with Crippen LogP contribution in [0.25, 0.3) is 33.0 Å². The van der Waals surface area contributed by atoms with Crippen LogP contribution in [0.4, 0.5) is 0 Å². The lowest BCUT2D eigenvalue weighted by Crippen LogP contribution is -2.01. The topological polar surface area (TPSA) is 22.2 Å². The van der Waals surface area contributed by atoms with Crippen molar-refractivity contribution in [3.05, 3.63) is 78.4 Å². The Hall–Kier alpha value is -3.07. The second-order valence-corrected chi connectivity index (χ2v) is 6.29. The average molecular weight is 311 g/mol. The zero-order valence-electron chi connectivity index (χ0n) is 13.7.